The van der Waals surface area contributed by atoms with E-state index in [0.717, 1.165) is 5.56 Å². The van der Waals surface area contributed by atoms with Gasteiger partial charge in [-0.05, 0) is 24.1 Å². The summed E-state index contributed by atoms with van der Waals surface area (Å²) in [6.45, 7) is -0.855. The molecule has 0 aromatic heterocycles. The van der Waals surface area contributed by atoms with Crippen LogP contribution in [-0.2, 0) is 11.2 Å². The number of methoxy groups -OCH3 is 1. The van der Waals surface area contributed by atoms with Crippen molar-refractivity contribution in [3.63, 3.8) is 0 Å². The minimum atomic E-state index is -4.74. The lowest BCUT2D eigenvalue weighted by atomic mass is 10.1. The summed E-state index contributed by atoms with van der Waals surface area (Å²) in [5.41, 5.74) is 0.757. The van der Waals surface area contributed by atoms with Gasteiger partial charge in [-0.1, -0.05) is 17.7 Å². The lowest BCUT2D eigenvalue weighted by molar-refractivity contribution is -0.201. The van der Waals surface area contributed by atoms with Crippen molar-refractivity contribution < 1.29 is 27.8 Å². The Morgan fingerprint density at radius 1 is 1.48 bits per heavy atom. The Balaban J connectivity index is 2.41. The topological polar surface area (TPSA) is 58.6 Å². The monoisotopic (exact) mass is 325 g/mol. The predicted molar refractivity (Wildman–Crippen MR) is 71.4 cm³/mol. The Labute approximate surface area is 124 Å². The van der Waals surface area contributed by atoms with Crippen molar-refractivity contribution in [1.82, 2.24) is 5.32 Å². The molecule has 0 bridgehead atoms. The molecule has 1 aromatic rings. The molecule has 0 saturated carbocycles. The number of ether oxygens (including phenoxy) is 1. The van der Waals surface area contributed by atoms with Crippen LogP contribution in [0.15, 0.2) is 18.2 Å². The lowest BCUT2D eigenvalue weighted by Crippen LogP contribution is -2.40. The number of amides is 1. The van der Waals surface area contributed by atoms with Crippen LogP contribution in [0.4, 0.5) is 13.2 Å². The van der Waals surface area contributed by atoms with E-state index in [9.17, 15) is 18.0 Å². The van der Waals surface area contributed by atoms with Gasteiger partial charge in [0, 0.05) is 6.42 Å². The fourth-order valence-electron chi connectivity index (χ4n) is 1.54. The summed E-state index contributed by atoms with van der Waals surface area (Å²) in [7, 11) is 1.47. The number of rotatable bonds is 6. The number of halogens is 4. The van der Waals surface area contributed by atoms with Crippen LogP contribution in [0.2, 0.25) is 5.02 Å². The average Bonchev–Trinajstić information content (AvgIpc) is 2.41. The van der Waals surface area contributed by atoms with Gasteiger partial charge < -0.3 is 15.2 Å². The summed E-state index contributed by atoms with van der Waals surface area (Å²) in [4.78, 5) is 11.4. The first kappa shape index (κ1) is 17.6. The van der Waals surface area contributed by atoms with Gasteiger partial charge in [0.2, 0.25) is 5.91 Å². The average molecular weight is 326 g/mol. The van der Waals surface area contributed by atoms with Gasteiger partial charge in [-0.2, -0.15) is 13.2 Å². The largest absolute Gasteiger partial charge is 0.495 e. The number of alkyl halides is 3. The maximum Gasteiger partial charge on any atom is 0.416 e. The second-order valence-corrected chi connectivity index (χ2v) is 4.74. The van der Waals surface area contributed by atoms with Crippen molar-refractivity contribution in [3.8, 4) is 5.75 Å². The van der Waals surface area contributed by atoms with Gasteiger partial charge in [0.1, 0.15) is 5.75 Å². The quantitative estimate of drug-likeness (QED) is 0.844. The number of aryl methyl sites for hydroxylation is 1. The Kier molecular flexibility index (Phi) is 6.29. The molecule has 1 amide bonds. The Morgan fingerprint density at radius 3 is 2.67 bits per heavy atom. The fraction of sp³-hybridized carbons (Fsp3) is 0.462. The van der Waals surface area contributed by atoms with Crippen molar-refractivity contribution in [1.29, 1.82) is 0 Å². The van der Waals surface area contributed by atoms with Crippen molar-refractivity contribution in [3.05, 3.63) is 28.8 Å². The Morgan fingerprint density at radius 2 is 2.14 bits per heavy atom. The molecule has 0 saturated heterocycles. The molecule has 0 fully saturated rings. The third-order valence-electron chi connectivity index (χ3n) is 2.73. The molecule has 1 rings (SSSR count). The van der Waals surface area contributed by atoms with Crippen molar-refractivity contribution in [2.24, 2.45) is 0 Å². The molecule has 118 valence electrons. The van der Waals surface area contributed by atoms with Gasteiger partial charge in [0.25, 0.3) is 0 Å². The number of carbonyl (C=O) groups is 1. The number of hydrogen-bond acceptors (Lipinski definition) is 3. The molecule has 2 N–H and O–H groups in total. The van der Waals surface area contributed by atoms with Crippen molar-refractivity contribution in [2.75, 3.05) is 13.7 Å². The highest BCUT2D eigenvalue weighted by atomic mass is 35.5. The zero-order valence-electron chi connectivity index (χ0n) is 11.2. The van der Waals surface area contributed by atoms with E-state index in [1.54, 1.807) is 18.2 Å². The van der Waals surface area contributed by atoms with Crippen LogP contribution < -0.4 is 10.1 Å². The van der Waals surface area contributed by atoms with Gasteiger partial charge in [-0.15, -0.1) is 0 Å². The highest BCUT2D eigenvalue weighted by molar-refractivity contribution is 6.32. The number of nitrogens with one attached hydrogen (secondary N) is 1. The molecule has 0 aliphatic rings. The van der Waals surface area contributed by atoms with E-state index in [1.165, 1.54) is 7.11 Å². The van der Waals surface area contributed by atoms with Crippen LogP contribution in [0, 0.1) is 0 Å². The molecule has 0 aliphatic heterocycles. The van der Waals surface area contributed by atoms with Crippen LogP contribution in [0.25, 0.3) is 0 Å². The van der Waals surface area contributed by atoms with Gasteiger partial charge in [0.15, 0.2) is 6.10 Å². The molecule has 0 aliphatic carbocycles. The molecular weight excluding hydrogens is 311 g/mol. The summed E-state index contributed by atoms with van der Waals surface area (Å²) in [6.07, 6.45) is -6.99. The van der Waals surface area contributed by atoms with E-state index in [-0.39, 0.29) is 6.42 Å². The van der Waals surface area contributed by atoms with E-state index in [2.05, 4.69) is 0 Å². The summed E-state index contributed by atoms with van der Waals surface area (Å²) in [6, 6.07) is 4.98. The van der Waals surface area contributed by atoms with Gasteiger partial charge in [-0.3, -0.25) is 4.79 Å². The smallest absolute Gasteiger partial charge is 0.416 e. The van der Waals surface area contributed by atoms with E-state index in [0.29, 0.717) is 17.2 Å². The molecule has 4 nitrogen and oxygen atoms in total. The number of benzene rings is 1. The normalized spacial score (nSPS) is 12.9. The third kappa shape index (κ3) is 5.81. The first-order chi connectivity index (χ1) is 9.74. The maximum absolute atomic E-state index is 12.0. The lowest BCUT2D eigenvalue weighted by Gasteiger charge is -2.15. The fourth-order valence-corrected chi connectivity index (χ4v) is 1.82. The SMILES string of the molecule is COc1ccc(CCC(=O)NCC(O)C(F)(F)F)cc1Cl. The van der Waals surface area contributed by atoms with E-state index in [1.807, 2.05) is 5.32 Å². The molecule has 1 atom stereocenters. The molecule has 1 unspecified atom stereocenters. The van der Waals surface area contributed by atoms with Gasteiger partial charge in [-0.25, -0.2) is 0 Å². The molecule has 1 aromatic carbocycles. The second kappa shape index (κ2) is 7.51. The summed E-state index contributed by atoms with van der Waals surface area (Å²) in [5.74, 6) is -0.0802. The standard InChI is InChI=1S/C13H15ClF3NO3/c1-21-10-4-2-8(6-9(10)14)3-5-12(20)18-7-11(19)13(15,16)17/h2,4,6,11,19H,3,5,7H2,1H3,(H,18,20). The Hall–Kier alpha value is -1.47. The van der Waals surface area contributed by atoms with E-state index >= 15 is 0 Å². The minimum Gasteiger partial charge on any atom is -0.495 e. The highest BCUT2D eigenvalue weighted by Crippen LogP contribution is 2.25. The molecule has 21 heavy (non-hydrogen) atoms. The molecular formula is C13H15ClF3NO3. The molecule has 0 radical (unpaired) electrons. The highest BCUT2D eigenvalue weighted by Gasteiger charge is 2.38. The van der Waals surface area contributed by atoms with E-state index < -0.39 is 24.7 Å². The van der Waals surface area contributed by atoms with Crippen LogP contribution in [-0.4, -0.2) is 36.9 Å². The summed E-state index contributed by atoms with van der Waals surface area (Å²) >= 11 is 5.91. The molecule has 8 heteroatoms. The van der Waals surface area contributed by atoms with Gasteiger partial charge in [0.05, 0.1) is 18.7 Å². The summed E-state index contributed by atoms with van der Waals surface area (Å²) < 4.78 is 41.1. The first-order valence-electron chi connectivity index (χ1n) is 6.08. The van der Waals surface area contributed by atoms with Crippen molar-refractivity contribution >= 4 is 17.5 Å². The van der Waals surface area contributed by atoms with Crippen molar-refractivity contribution in [2.45, 2.75) is 25.1 Å². The van der Waals surface area contributed by atoms with Gasteiger partial charge >= 0.3 is 6.18 Å². The predicted octanol–water partition coefficient (Wildman–Crippen LogP) is 2.32. The zero-order chi connectivity index (χ0) is 16.0. The zero-order valence-corrected chi connectivity index (χ0v) is 12.0. The minimum absolute atomic E-state index is 0.00671. The number of aliphatic hydroxyl groups is 1. The molecule has 0 heterocycles. The first-order valence-corrected chi connectivity index (χ1v) is 6.45. The van der Waals surface area contributed by atoms with Crippen LogP contribution in [0.1, 0.15) is 12.0 Å². The van der Waals surface area contributed by atoms with Crippen LogP contribution >= 0.6 is 11.6 Å². The van der Waals surface area contributed by atoms with Crippen LogP contribution in [0.3, 0.4) is 0 Å². The van der Waals surface area contributed by atoms with Crippen LogP contribution in [0.5, 0.6) is 5.75 Å². The second-order valence-electron chi connectivity index (χ2n) is 4.33. The Bertz CT molecular complexity index is 494. The number of hydrogen-bond donors (Lipinski definition) is 2. The number of carbonyl (C=O) groups excluding carboxylic acids is 1. The summed E-state index contributed by atoms with van der Waals surface area (Å²) in [5, 5.41) is 11.2. The third-order valence-corrected chi connectivity index (χ3v) is 3.02. The van der Waals surface area contributed by atoms with E-state index in [4.69, 9.17) is 21.4 Å². The number of aliphatic hydroxyl groups excluding tert-OH is 1. The molecule has 0 spiro atoms. The maximum atomic E-state index is 12.0.